The van der Waals surface area contributed by atoms with Crippen LogP contribution in [0.1, 0.15) is 38.4 Å². The lowest BCUT2D eigenvalue weighted by molar-refractivity contribution is 0.304. The van der Waals surface area contributed by atoms with Gasteiger partial charge in [0.2, 0.25) is 5.89 Å². The Balaban J connectivity index is 2.15. The molecule has 0 amide bonds. The summed E-state index contributed by atoms with van der Waals surface area (Å²) in [5.74, 6) is 1.64. The molecule has 1 aromatic heterocycles. The van der Waals surface area contributed by atoms with E-state index in [0.29, 0.717) is 0 Å². The van der Waals surface area contributed by atoms with Crippen LogP contribution in [-0.2, 0) is 11.8 Å². The molecule has 0 bridgehead atoms. The summed E-state index contributed by atoms with van der Waals surface area (Å²) in [6, 6.07) is 0. The number of hydrogen-bond acceptors (Lipinski definition) is 4. The number of nitrogens with zero attached hydrogens (tertiary/aromatic N) is 2. The molecule has 1 atom stereocenters. The third-order valence-corrected chi connectivity index (χ3v) is 2.83. The summed E-state index contributed by atoms with van der Waals surface area (Å²) in [5.41, 5.74) is 0.0546. The minimum Gasteiger partial charge on any atom is -0.339 e. The zero-order valence-corrected chi connectivity index (χ0v) is 8.84. The van der Waals surface area contributed by atoms with Crippen LogP contribution in [0.25, 0.3) is 0 Å². The van der Waals surface area contributed by atoms with Gasteiger partial charge in [0.1, 0.15) is 0 Å². The Kier molecular flexibility index (Phi) is 2.54. The smallest absolute Gasteiger partial charge is 0.233 e. The number of nitrogens with one attached hydrogen (secondary N) is 1. The zero-order valence-electron chi connectivity index (χ0n) is 8.84. The summed E-state index contributed by atoms with van der Waals surface area (Å²) in [6.45, 7) is 6.29. The number of rotatable bonds is 3. The van der Waals surface area contributed by atoms with Crippen molar-refractivity contribution in [3.63, 3.8) is 0 Å². The Bertz CT molecular complexity index is 302. The van der Waals surface area contributed by atoms with E-state index in [9.17, 15) is 0 Å². The fraction of sp³-hybridized carbons (Fsp3) is 0.800. The predicted octanol–water partition coefficient (Wildman–Crippen LogP) is 1.27. The van der Waals surface area contributed by atoms with Gasteiger partial charge in [0.05, 0.1) is 5.41 Å². The van der Waals surface area contributed by atoms with Crippen LogP contribution in [0.4, 0.5) is 0 Å². The molecule has 2 heterocycles. The quantitative estimate of drug-likeness (QED) is 0.789. The molecule has 0 radical (unpaired) electrons. The van der Waals surface area contributed by atoms with Crippen molar-refractivity contribution in [2.24, 2.45) is 0 Å². The van der Waals surface area contributed by atoms with Gasteiger partial charge in [-0.2, -0.15) is 4.98 Å². The lowest BCUT2D eigenvalue weighted by atomic mass is 9.90. The van der Waals surface area contributed by atoms with Gasteiger partial charge >= 0.3 is 0 Å². The van der Waals surface area contributed by atoms with Gasteiger partial charge in [-0.05, 0) is 26.3 Å². The molecule has 0 saturated carbocycles. The molecule has 4 nitrogen and oxygen atoms in total. The Morgan fingerprint density at radius 3 is 3.07 bits per heavy atom. The normalized spacial score (nSPS) is 27.0. The van der Waals surface area contributed by atoms with Gasteiger partial charge in [0.25, 0.3) is 0 Å². The van der Waals surface area contributed by atoms with Gasteiger partial charge < -0.3 is 9.84 Å². The summed E-state index contributed by atoms with van der Waals surface area (Å²) < 4.78 is 5.30. The first-order valence-corrected chi connectivity index (χ1v) is 5.28. The summed E-state index contributed by atoms with van der Waals surface area (Å²) >= 11 is 0. The standard InChI is InChI=1S/C10H17N3O/c1-3-4-8-12-9(14-13-8)10(2)5-6-11-7-10/h11H,3-7H2,1-2H3. The Morgan fingerprint density at radius 2 is 2.43 bits per heavy atom. The summed E-state index contributed by atoms with van der Waals surface area (Å²) in [6.07, 6.45) is 3.06. The highest BCUT2D eigenvalue weighted by atomic mass is 16.5. The van der Waals surface area contributed by atoms with Crippen LogP contribution in [0.2, 0.25) is 0 Å². The largest absolute Gasteiger partial charge is 0.339 e. The van der Waals surface area contributed by atoms with E-state index in [0.717, 1.165) is 44.1 Å². The molecule has 1 aromatic rings. The SMILES string of the molecule is CCCc1noc(C2(C)CCNC2)n1. The number of aromatic nitrogens is 2. The fourth-order valence-electron chi connectivity index (χ4n) is 1.82. The molecular weight excluding hydrogens is 178 g/mol. The van der Waals surface area contributed by atoms with Crippen LogP contribution in [0, 0.1) is 0 Å². The second-order valence-corrected chi connectivity index (χ2v) is 4.25. The predicted molar refractivity (Wildman–Crippen MR) is 53.1 cm³/mol. The maximum Gasteiger partial charge on any atom is 0.233 e. The molecule has 0 aliphatic carbocycles. The minimum atomic E-state index is 0.0546. The minimum absolute atomic E-state index is 0.0546. The van der Waals surface area contributed by atoms with Crippen LogP contribution < -0.4 is 5.32 Å². The highest BCUT2D eigenvalue weighted by Gasteiger charge is 2.35. The van der Waals surface area contributed by atoms with Gasteiger partial charge in [0, 0.05) is 13.0 Å². The molecule has 1 fully saturated rings. The van der Waals surface area contributed by atoms with Crippen molar-refractivity contribution in [2.45, 2.75) is 38.5 Å². The Hall–Kier alpha value is -0.900. The number of hydrogen-bond donors (Lipinski definition) is 1. The summed E-state index contributed by atoms with van der Waals surface area (Å²) in [5, 5.41) is 7.31. The lowest BCUT2D eigenvalue weighted by Crippen LogP contribution is -2.25. The lowest BCUT2D eigenvalue weighted by Gasteiger charge is -2.15. The van der Waals surface area contributed by atoms with E-state index < -0.39 is 0 Å². The van der Waals surface area contributed by atoms with Gasteiger partial charge in [-0.25, -0.2) is 0 Å². The average molecular weight is 195 g/mol. The highest BCUT2D eigenvalue weighted by Crippen LogP contribution is 2.28. The monoisotopic (exact) mass is 195 g/mol. The molecule has 14 heavy (non-hydrogen) atoms. The van der Waals surface area contributed by atoms with Crippen LogP contribution >= 0.6 is 0 Å². The van der Waals surface area contributed by atoms with Crippen molar-refractivity contribution >= 4 is 0 Å². The van der Waals surface area contributed by atoms with Crippen molar-refractivity contribution in [2.75, 3.05) is 13.1 Å². The second-order valence-electron chi connectivity index (χ2n) is 4.25. The summed E-state index contributed by atoms with van der Waals surface area (Å²) in [4.78, 5) is 4.44. The third-order valence-electron chi connectivity index (χ3n) is 2.83. The first-order chi connectivity index (χ1) is 6.74. The topological polar surface area (TPSA) is 51.0 Å². The van der Waals surface area contributed by atoms with Gasteiger partial charge in [-0.1, -0.05) is 12.1 Å². The maximum absolute atomic E-state index is 5.30. The second kappa shape index (κ2) is 3.69. The molecule has 2 rings (SSSR count). The van der Waals surface area contributed by atoms with E-state index in [4.69, 9.17) is 4.52 Å². The van der Waals surface area contributed by atoms with Crippen LogP contribution in [0.5, 0.6) is 0 Å². The molecule has 1 saturated heterocycles. The van der Waals surface area contributed by atoms with Crippen molar-refractivity contribution in [3.8, 4) is 0 Å². The van der Waals surface area contributed by atoms with Crippen molar-refractivity contribution in [3.05, 3.63) is 11.7 Å². The van der Waals surface area contributed by atoms with Gasteiger partial charge in [-0.15, -0.1) is 0 Å². The highest BCUT2D eigenvalue weighted by molar-refractivity contribution is 5.07. The molecule has 1 unspecified atom stereocenters. The van der Waals surface area contributed by atoms with Crippen molar-refractivity contribution in [1.29, 1.82) is 0 Å². The average Bonchev–Trinajstić information content (AvgIpc) is 2.75. The molecule has 0 spiro atoms. The van der Waals surface area contributed by atoms with E-state index in [1.165, 1.54) is 0 Å². The summed E-state index contributed by atoms with van der Waals surface area (Å²) in [7, 11) is 0. The first kappa shape index (κ1) is 9.65. The molecule has 1 N–H and O–H groups in total. The molecule has 1 aliphatic rings. The molecule has 1 aliphatic heterocycles. The van der Waals surface area contributed by atoms with Crippen LogP contribution in [0.15, 0.2) is 4.52 Å². The zero-order chi connectivity index (χ0) is 10.0. The van der Waals surface area contributed by atoms with Crippen LogP contribution in [-0.4, -0.2) is 23.2 Å². The van der Waals surface area contributed by atoms with E-state index in [1.54, 1.807) is 0 Å². The molecular formula is C10H17N3O. The van der Waals surface area contributed by atoms with Crippen LogP contribution in [0.3, 0.4) is 0 Å². The van der Waals surface area contributed by atoms with E-state index in [2.05, 4.69) is 29.3 Å². The van der Waals surface area contributed by atoms with E-state index in [1.807, 2.05) is 0 Å². The van der Waals surface area contributed by atoms with Gasteiger partial charge in [0.15, 0.2) is 5.82 Å². The Morgan fingerprint density at radius 1 is 1.57 bits per heavy atom. The van der Waals surface area contributed by atoms with Gasteiger partial charge in [-0.3, -0.25) is 0 Å². The molecule has 0 aromatic carbocycles. The molecule has 4 heteroatoms. The first-order valence-electron chi connectivity index (χ1n) is 5.28. The molecule has 78 valence electrons. The Labute approximate surface area is 84.1 Å². The van der Waals surface area contributed by atoms with E-state index in [-0.39, 0.29) is 5.41 Å². The number of aryl methyl sites for hydroxylation is 1. The maximum atomic E-state index is 5.30. The fourth-order valence-corrected chi connectivity index (χ4v) is 1.82. The van der Waals surface area contributed by atoms with Crippen molar-refractivity contribution < 1.29 is 4.52 Å². The van der Waals surface area contributed by atoms with E-state index >= 15 is 0 Å². The third kappa shape index (κ3) is 1.66. The van der Waals surface area contributed by atoms with Crippen molar-refractivity contribution in [1.82, 2.24) is 15.5 Å².